The number of halogens is 2. The van der Waals surface area contributed by atoms with Crippen LogP contribution in [-0.2, 0) is 6.54 Å². The molecule has 17 heavy (non-hydrogen) atoms. The van der Waals surface area contributed by atoms with Crippen LogP contribution in [-0.4, -0.2) is 24.5 Å². The quantitative estimate of drug-likeness (QED) is 0.877. The topological polar surface area (TPSA) is 29.3 Å². The van der Waals surface area contributed by atoms with E-state index in [0.29, 0.717) is 19.0 Å². The molecule has 2 nitrogen and oxygen atoms in total. The molecule has 0 unspecified atom stereocenters. The molecular weight excluding hydrogens is 222 g/mol. The Bertz CT molecular complexity index is 361. The summed E-state index contributed by atoms with van der Waals surface area (Å²) in [6, 6.07) is 4.01. The van der Waals surface area contributed by atoms with Crippen molar-refractivity contribution in [2.24, 2.45) is 11.7 Å². The molecule has 4 heteroatoms. The number of rotatable bonds is 3. The molecule has 94 valence electrons. The standard InChI is InChI=1S/C13H18F2N2/c14-12-4-1-5-13(15)11(12)9-17-6-2-3-10(7-16)8-17/h1,4-5,10H,2-3,6-9,16H2/t10-/m1/s1. The van der Waals surface area contributed by atoms with Gasteiger partial charge in [0.15, 0.2) is 0 Å². The number of hydrogen-bond acceptors (Lipinski definition) is 2. The molecule has 0 radical (unpaired) electrons. The van der Waals surface area contributed by atoms with E-state index in [0.717, 1.165) is 25.9 Å². The Kier molecular flexibility index (Phi) is 4.07. The molecule has 1 saturated heterocycles. The molecule has 0 amide bonds. The monoisotopic (exact) mass is 240 g/mol. The number of likely N-dealkylation sites (tertiary alicyclic amines) is 1. The molecule has 1 aromatic carbocycles. The Hall–Kier alpha value is -1.00. The number of piperidine rings is 1. The second kappa shape index (κ2) is 5.56. The van der Waals surface area contributed by atoms with Crippen LogP contribution in [0.25, 0.3) is 0 Å². The first-order valence-corrected chi connectivity index (χ1v) is 6.06. The zero-order valence-corrected chi connectivity index (χ0v) is 9.83. The van der Waals surface area contributed by atoms with Gasteiger partial charge in [-0.25, -0.2) is 8.78 Å². The van der Waals surface area contributed by atoms with E-state index in [1.165, 1.54) is 18.2 Å². The molecular formula is C13H18F2N2. The van der Waals surface area contributed by atoms with Crippen LogP contribution in [0.15, 0.2) is 18.2 Å². The minimum atomic E-state index is -0.458. The zero-order chi connectivity index (χ0) is 12.3. The van der Waals surface area contributed by atoms with Crippen LogP contribution >= 0.6 is 0 Å². The normalized spacial score (nSPS) is 21.7. The third-order valence-corrected chi connectivity index (χ3v) is 3.38. The van der Waals surface area contributed by atoms with E-state index in [9.17, 15) is 8.78 Å². The van der Waals surface area contributed by atoms with E-state index < -0.39 is 11.6 Å². The van der Waals surface area contributed by atoms with Gasteiger partial charge in [0.1, 0.15) is 11.6 Å². The third-order valence-electron chi connectivity index (χ3n) is 3.38. The summed E-state index contributed by atoms with van der Waals surface area (Å²) in [6.45, 7) is 2.72. The predicted molar refractivity (Wildman–Crippen MR) is 63.4 cm³/mol. The van der Waals surface area contributed by atoms with Gasteiger partial charge in [-0.3, -0.25) is 4.90 Å². The van der Waals surface area contributed by atoms with Crippen molar-refractivity contribution in [2.75, 3.05) is 19.6 Å². The van der Waals surface area contributed by atoms with Crippen LogP contribution in [0.4, 0.5) is 8.78 Å². The summed E-state index contributed by atoms with van der Waals surface area (Å²) in [4.78, 5) is 2.09. The summed E-state index contributed by atoms with van der Waals surface area (Å²) in [6.07, 6.45) is 2.17. The average molecular weight is 240 g/mol. The smallest absolute Gasteiger partial charge is 0.130 e. The van der Waals surface area contributed by atoms with Gasteiger partial charge in [0.2, 0.25) is 0 Å². The minimum absolute atomic E-state index is 0.171. The van der Waals surface area contributed by atoms with Crippen LogP contribution in [0.5, 0.6) is 0 Å². The highest BCUT2D eigenvalue weighted by molar-refractivity contribution is 5.19. The highest BCUT2D eigenvalue weighted by atomic mass is 19.1. The van der Waals surface area contributed by atoms with Crippen LogP contribution in [0.1, 0.15) is 18.4 Å². The van der Waals surface area contributed by atoms with Gasteiger partial charge in [-0.05, 0) is 44.0 Å². The molecule has 2 rings (SSSR count). The van der Waals surface area contributed by atoms with Gasteiger partial charge in [-0.15, -0.1) is 0 Å². The summed E-state index contributed by atoms with van der Waals surface area (Å²) in [5.41, 5.74) is 5.82. The van der Waals surface area contributed by atoms with Crippen LogP contribution in [0.2, 0.25) is 0 Å². The Morgan fingerprint density at radius 3 is 2.65 bits per heavy atom. The van der Waals surface area contributed by atoms with Crippen LogP contribution in [0.3, 0.4) is 0 Å². The van der Waals surface area contributed by atoms with Gasteiger partial charge in [0.05, 0.1) is 0 Å². The number of nitrogens with two attached hydrogens (primary N) is 1. The molecule has 1 aromatic rings. The van der Waals surface area contributed by atoms with Crippen molar-refractivity contribution in [1.82, 2.24) is 4.90 Å². The lowest BCUT2D eigenvalue weighted by Gasteiger charge is -2.32. The number of hydrogen-bond donors (Lipinski definition) is 1. The van der Waals surface area contributed by atoms with Crippen molar-refractivity contribution in [3.8, 4) is 0 Å². The third kappa shape index (κ3) is 3.01. The van der Waals surface area contributed by atoms with E-state index >= 15 is 0 Å². The minimum Gasteiger partial charge on any atom is -0.330 e. The van der Waals surface area contributed by atoms with Crippen molar-refractivity contribution in [3.05, 3.63) is 35.4 Å². The lowest BCUT2D eigenvalue weighted by Crippen LogP contribution is -2.38. The van der Waals surface area contributed by atoms with E-state index in [4.69, 9.17) is 5.73 Å². The largest absolute Gasteiger partial charge is 0.330 e. The molecule has 0 bridgehead atoms. The van der Waals surface area contributed by atoms with Crippen molar-refractivity contribution in [1.29, 1.82) is 0 Å². The summed E-state index contributed by atoms with van der Waals surface area (Å²) < 4.78 is 27.0. The second-order valence-electron chi connectivity index (χ2n) is 4.68. The van der Waals surface area contributed by atoms with E-state index in [1.54, 1.807) is 0 Å². The first-order valence-electron chi connectivity index (χ1n) is 6.06. The molecule has 2 N–H and O–H groups in total. The Morgan fingerprint density at radius 2 is 2.00 bits per heavy atom. The van der Waals surface area contributed by atoms with Crippen molar-refractivity contribution >= 4 is 0 Å². The lowest BCUT2D eigenvalue weighted by atomic mass is 9.98. The van der Waals surface area contributed by atoms with Crippen LogP contribution < -0.4 is 5.73 Å². The maximum atomic E-state index is 13.5. The van der Waals surface area contributed by atoms with Gasteiger partial charge >= 0.3 is 0 Å². The summed E-state index contributed by atoms with van der Waals surface area (Å²) >= 11 is 0. The van der Waals surface area contributed by atoms with Gasteiger partial charge < -0.3 is 5.73 Å². The second-order valence-corrected chi connectivity index (χ2v) is 4.68. The maximum Gasteiger partial charge on any atom is 0.130 e. The summed E-state index contributed by atoms with van der Waals surface area (Å²) in [7, 11) is 0. The van der Waals surface area contributed by atoms with E-state index in [2.05, 4.69) is 4.90 Å². The zero-order valence-electron chi connectivity index (χ0n) is 9.83. The van der Waals surface area contributed by atoms with Crippen molar-refractivity contribution < 1.29 is 8.78 Å². The van der Waals surface area contributed by atoms with E-state index in [1.807, 2.05) is 0 Å². The van der Waals surface area contributed by atoms with Gasteiger partial charge in [0, 0.05) is 18.7 Å². The van der Waals surface area contributed by atoms with Crippen LogP contribution in [0, 0.1) is 17.6 Å². The molecule has 1 atom stereocenters. The molecule has 0 saturated carbocycles. The molecule has 0 aromatic heterocycles. The maximum absolute atomic E-state index is 13.5. The highest BCUT2D eigenvalue weighted by Gasteiger charge is 2.20. The number of benzene rings is 1. The fourth-order valence-corrected chi connectivity index (χ4v) is 2.39. The van der Waals surface area contributed by atoms with E-state index in [-0.39, 0.29) is 5.56 Å². The molecule has 0 aliphatic carbocycles. The SMILES string of the molecule is NC[C@H]1CCCN(Cc2c(F)cccc2F)C1. The van der Waals surface area contributed by atoms with Gasteiger partial charge in [0.25, 0.3) is 0 Å². The Morgan fingerprint density at radius 1 is 1.29 bits per heavy atom. The number of nitrogens with zero attached hydrogens (tertiary/aromatic N) is 1. The highest BCUT2D eigenvalue weighted by Crippen LogP contribution is 2.20. The van der Waals surface area contributed by atoms with Gasteiger partial charge in [-0.2, -0.15) is 0 Å². The first-order chi connectivity index (χ1) is 8.20. The molecule has 1 aliphatic rings. The summed E-state index contributed by atoms with van der Waals surface area (Å²) in [5, 5.41) is 0. The fraction of sp³-hybridized carbons (Fsp3) is 0.538. The van der Waals surface area contributed by atoms with Crippen molar-refractivity contribution in [2.45, 2.75) is 19.4 Å². The molecule has 1 fully saturated rings. The average Bonchev–Trinajstić information content (AvgIpc) is 2.34. The fourth-order valence-electron chi connectivity index (χ4n) is 2.39. The summed E-state index contributed by atoms with van der Waals surface area (Å²) in [5.74, 6) is -0.460. The van der Waals surface area contributed by atoms with Crippen molar-refractivity contribution in [3.63, 3.8) is 0 Å². The molecule has 1 aliphatic heterocycles. The van der Waals surface area contributed by atoms with Gasteiger partial charge in [-0.1, -0.05) is 6.07 Å². The molecule has 0 spiro atoms. The Balaban J connectivity index is 2.05. The first kappa shape index (κ1) is 12.5. The Labute approximate surface area is 100 Å². The predicted octanol–water partition coefficient (Wildman–Crippen LogP) is 2.14. The lowest BCUT2D eigenvalue weighted by molar-refractivity contribution is 0.167. The molecule has 1 heterocycles.